The highest BCUT2D eigenvalue weighted by Gasteiger charge is 2.33. The van der Waals surface area contributed by atoms with Crippen LogP contribution in [0.4, 0.5) is 0 Å². The Bertz CT molecular complexity index is 259. The first-order chi connectivity index (χ1) is 7.40. The number of carbonyl (C=O) groups is 2. The van der Waals surface area contributed by atoms with Gasteiger partial charge in [0.05, 0.1) is 5.92 Å². The molecule has 0 bridgehead atoms. The lowest BCUT2D eigenvalue weighted by Gasteiger charge is -2.19. The van der Waals surface area contributed by atoms with Crippen LogP contribution in [-0.4, -0.2) is 34.9 Å². The summed E-state index contributed by atoms with van der Waals surface area (Å²) in [5.74, 6) is -3.06. The van der Waals surface area contributed by atoms with Crippen LogP contribution in [0.2, 0.25) is 0 Å². The number of aliphatic hydroxyl groups excluding tert-OH is 1. The average molecular weight is 230 g/mol. The molecule has 0 aromatic heterocycles. The Kier molecular flexibility index (Phi) is 6.41. The van der Waals surface area contributed by atoms with Gasteiger partial charge in [0.2, 0.25) is 0 Å². The molecule has 0 unspecified atom stereocenters. The molecule has 5 heteroatoms. The van der Waals surface area contributed by atoms with Crippen LogP contribution in [-0.2, 0) is 14.3 Å². The molecule has 0 spiro atoms. The second-order valence-corrected chi connectivity index (χ2v) is 3.94. The molecule has 2 atom stereocenters. The Morgan fingerprint density at radius 1 is 1.44 bits per heavy atom. The Labute approximate surface area is 94.7 Å². The van der Waals surface area contributed by atoms with Crippen molar-refractivity contribution in [1.29, 1.82) is 0 Å². The molecule has 0 saturated heterocycles. The molecule has 16 heavy (non-hydrogen) atoms. The van der Waals surface area contributed by atoms with E-state index >= 15 is 0 Å². The SMILES string of the molecule is C=CCOC(=O)[C@H](CC(C)C)[C@H](O)C(=O)O. The molecule has 92 valence electrons. The summed E-state index contributed by atoms with van der Waals surface area (Å²) < 4.78 is 4.75. The van der Waals surface area contributed by atoms with Crippen molar-refractivity contribution in [3.63, 3.8) is 0 Å². The highest BCUT2D eigenvalue weighted by Crippen LogP contribution is 2.18. The third-order valence-corrected chi connectivity index (χ3v) is 2.01. The van der Waals surface area contributed by atoms with E-state index in [4.69, 9.17) is 9.84 Å². The first-order valence-electron chi connectivity index (χ1n) is 5.08. The number of ether oxygens (including phenoxy) is 1. The Hall–Kier alpha value is -1.36. The third-order valence-electron chi connectivity index (χ3n) is 2.01. The minimum Gasteiger partial charge on any atom is -0.479 e. The Morgan fingerprint density at radius 3 is 2.38 bits per heavy atom. The molecule has 0 aromatic carbocycles. The summed E-state index contributed by atoms with van der Waals surface area (Å²) in [6.45, 7) is 7.06. The molecule has 0 saturated carbocycles. The number of esters is 1. The van der Waals surface area contributed by atoms with E-state index in [0.29, 0.717) is 0 Å². The van der Waals surface area contributed by atoms with Crippen molar-refractivity contribution in [1.82, 2.24) is 0 Å². The van der Waals surface area contributed by atoms with E-state index in [1.54, 1.807) is 0 Å². The minimum absolute atomic E-state index is 0.0137. The third kappa shape index (κ3) is 4.93. The fourth-order valence-electron chi connectivity index (χ4n) is 1.28. The van der Waals surface area contributed by atoms with Crippen molar-refractivity contribution < 1.29 is 24.5 Å². The standard InChI is InChI=1S/C11H18O5/c1-4-5-16-11(15)8(6-7(2)3)9(12)10(13)14/h4,7-9,12H,1,5-6H2,2-3H3,(H,13,14)/t8-,9+/m1/s1. The van der Waals surface area contributed by atoms with Gasteiger partial charge in [-0.2, -0.15) is 0 Å². The average Bonchev–Trinajstić information content (AvgIpc) is 2.21. The van der Waals surface area contributed by atoms with E-state index in [1.807, 2.05) is 13.8 Å². The van der Waals surface area contributed by atoms with Crippen LogP contribution in [0.15, 0.2) is 12.7 Å². The van der Waals surface area contributed by atoms with Gasteiger partial charge in [-0.3, -0.25) is 4.79 Å². The lowest BCUT2D eigenvalue weighted by Crippen LogP contribution is -2.36. The summed E-state index contributed by atoms with van der Waals surface area (Å²) in [4.78, 5) is 22.1. The number of hydrogen-bond donors (Lipinski definition) is 2. The zero-order valence-electron chi connectivity index (χ0n) is 9.55. The smallest absolute Gasteiger partial charge is 0.333 e. The zero-order valence-corrected chi connectivity index (χ0v) is 9.55. The maximum Gasteiger partial charge on any atom is 0.333 e. The van der Waals surface area contributed by atoms with E-state index in [9.17, 15) is 14.7 Å². The second-order valence-electron chi connectivity index (χ2n) is 3.94. The molecule has 0 aliphatic carbocycles. The van der Waals surface area contributed by atoms with Crippen LogP contribution in [0.25, 0.3) is 0 Å². The summed E-state index contributed by atoms with van der Waals surface area (Å²) >= 11 is 0. The number of rotatable bonds is 7. The fraction of sp³-hybridized carbons (Fsp3) is 0.636. The molecule has 2 N–H and O–H groups in total. The molecule has 0 aliphatic heterocycles. The van der Waals surface area contributed by atoms with Gasteiger partial charge in [-0.05, 0) is 12.3 Å². The molecule has 5 nitrogen and oxygen atoms in total. The summed E-state index contributed by atoms with van der Waals surface area (Å²) in [6, 6.07) is 0. The van der Waals surface area contributed by atoms with E-state index in [0.717, 1.165) is 0 Å². The topological polar surface area (TPSA) is 83.8 Å². The number of carboxylic acid groups (broad SMARTS) is 1. The molecular weight excluding hydrogens is 212 g/mol. The minimum atomic E-state index is -1.72. The Balaban J connectivity index is 4.58. The molecule has 0 radical (unpaired) electrons. The van der Waals surface area contributed by atoms with Gasteiger partial charge in [0.15, 0.2) is 6.10 Å². The number of carbonyl (C=O) groups excluding carboxylic acids is 1. The number of hydrogen-bond acceptors (Lipinski definition) is 4. The van der Waals surface area contributed by atoms with Crippen LogP contribution < -0.4 is 0 Å². The molecule has 0 rings (SSSR count). The maximum atomic E-state index is 11.5. The van der Waals surface area contributed by atoms with Gasteiger partial charge in [-0.1, -0.05) is 26.5 Å². The predicted octanol–water partition coefficient (Wildman–Crippen LogP) is 0.823. The van der Waals surface area contributed by atoms with Crippen molar-refractivity contribution in [2.75, 3.05) is 6.61 Å². The van der Waals surface area contributed by atoms with Crippen molar-refractivity contribution in [3.8, 4) is 0 Å². The number of carboxylic acids is 1. The van der Waals surface area contributed by atoms with Crippen LogP contribution >= 0.6 is 0 Å². The van der Waals surface area contributed by atoms with Crippen molar-refractivity contribution in [3.05, 3.63) is 12.7 Å². The number of aliphatic carboxylic acids is 1. The summed E-state index contributed by atoms with van der Waals surface area (Å²) in [5, 5.41) is 18.0. The first kappa shape index (κ1) is 14.6. The van der Waals surface area contributed by atoms with Crippen molar-refractivity contribution in [2.45, 2.75) is 26.4 Å². The van der Waals surface area contributed by atoms with Gasteiger partial charge in [-0.25, -0.2) is 4.79 Å². The first-order valence-corrected chi connectivity index (χ1v) is 5.08. The van der Waals surface area contributed by atoms with Crippen molar-refractivity contribution >= 4 is 11.9 Å². The molecule has 0 aromatic rings. The molecule has 0 fully saturated rings. The molecule has 0 heterocycles. The van der Waals surface area contributed by atoms with Gasteiger partial charge >= 0.3 is 11.9 Å². The normalized spacial score (nSPS) is 14.2. The van der Waals surface area contributed by atoms with Gasteiger partial charge < -0.3 is 14.9 Å². The highest BCUT2D eigenvalue weighted by atomic mass is 16.5. The fourth-order valence-corrected chi connectivity index (χ4v) is 1.28. The lowest BCUT2D eigenvalue weighted by molar-refractivity contribution is -0.163. The largest absolute Gasteiger partial charge is 0.479 e. The van der Waals surface area contributed by atoms with Crippen LogP contribution in [0.3, 0.4) is 0 Å². The zero-order chi connectivity index (χ0) is 12.7. The maximum absolute atomic E-state index is 11.5. The van der Waals surface area contributed by atoms with Gasteiger partial charge in [0.25, 0.3) is 0 Å². The van der Waals surface area contributed by atoms with E-state index in [2.05, 4.69) is 6.58 Å². The van der Waals surface area contributed by atoms with E-state index in [1.165, 1.54) is 6.08 Å². The van der Waals surface area contributed by atoms with E-state index < -0.39 is 24.0 Å². The van der Waals surface area contributed by atoms with E-state index in [-0.39, 0.29) is 18.9 Å². The van der Waals surface area contributed by atoms with Gasteiger partial charge in [-0.15, -0.1) is 0 Å². The summed E-state index contributed by atoms with van der Waals surface area (Å²) in [5.41, 5.74) is 0. The van der Waals surface area contributed by atoms with Crippen LogP contribution in [0.1, 0.15) is 20.3 Å². The highest BCUT2D eigenvalue weighted by molar-refractivity contribution is 5.82. The molecule has 0 aliphatic rings. The number of aliphatic hydroxyl groups is 1. The molecular formula is C11H18O5. The van der Waals surface area contributed by atoms with Gasteiger partial charge in [0, 0.05) is 0 Å². The predicted molar refractivity (Wildman–Crippen MR) is 57.7 cm³/mol. The monoisotopic (exact) mass is 230 g/mol. The summed E-state index contributed by atoms with van der Waals surface area (Å²) in [6.07, 6.45) is -0.0688. The van der Waals surface area contributed by atoms with Crippen LogP contribution in [0.5, 0.6) is 0 Å². The Morgan fingerprint density at radius 2 is 2.00 bits per heavy atom. The van der Waals surface area contributed by atoms with Crippen molar-refractivity contribution in [2.24, 2.45) is 11.8 Å². The van der Waals surface area contributed by atoms with Crippen LogP contribution in [0, 0.1) is 11.8 Å². The van der Waals surface area contributed by atoms with Gasteiger partial charge in [0.1, 0.15) is 6.61 Å². The quantitative estimate of drug-likeness (QED) is 0.499. The summed E-state index contributed by atoms with van der Waals surface area (Å²) in [7, 11) is 0. The molecule has 0 amide bonds. The second kappa shape index (κ2) is 7.00. The lowest BCUT2D eigenvalue weighted by atomic mass is 9.92.